The highest BCUT2D eigenvalue weighted by molar-refractivity contribution is 7.89. The molecule has 0 aliphatic heterocycles. The Kier molecular flexibility index (Phi) is 5.55. The molecule has 5 nitrogen and oxygen atoms in total. The molecule has 2 aromatic carbocycles. The summed E-state index contributed by atoms with van der Waals surface area (Å²) in [4.78, 5) is 12.1. The molecular weight excluding hydrogens is 380 g/mol. The summed E-state index contributed by atoms with van der Waals surface area (Å²) in [6.07, 6.45) is 0.644. The van der Waals surface area contributed by atoms with Gasteiger partial charge >= 0.3 is 4.87 Å². The third kappa shape index (κ3) is 3.85. The van der Waals surface area contributed by atoms with Gasteiger partial charge in [0.15, 0.2) is 0 Å². The predicted octanol–water partition coefficient (Wildman–Crippen LogP) is 4.13. The van der Waals surface area contributed by atoms with E-state index in [2.05, 4.69) is 10.8 Å². The lowest BCUT2D eigenvalue weighted by Crippen LogP contribution is -2.28. The van der Waals surface area contributed by atoms with Gasteiger partial charge in [-0.3, -0.25) is 9.36 Å². The molecule has 0 saturated heterocycles. The molecule has 3 rings (SSSR count). The first-order valence-electron chi connectivity index (χ1n) is 8.99. The van der Waals surface area contributed by atoms with Gasteiger partial charge in [0.25, 0.3) is 0 Å². The Morgan fingerprint density at radius 3 is 2.48 bits per heavy atom. The number of aromatic nitrogens is 1. The topological polar surface area (TPSA) is 68.2 Å². The molecule has 0 saturated carbocycles. The molecule has 0 bridgehead atoms. The van der Waals surface area contributed by atoms with Crippen molar-refractivity contribution in [1.82, 2.24) is 9.29 Å². The number of thiazole rings is 1. The Labute approximate surface area is 163 Å². The van der Waals surface area contributed by atoms with Crippen LogP contribution >= 0.6 is 11.3 Å². The summed E-state index contributed by atoms with van der Waals surface area (Å²) in [6, 6.07) is 10.6. The van der Waals surface area contributed by atoms with Crippen LogP contribution in [0.15, 0.2) is 46.1 Å². The highest BCUT2D eigenvalue weighted by Crippen LogP contribution is 2.26. The second-order valence-corrected chi connectivity index (χ2v) is 9.39. The first-order valence-corrected chi connectivity index (χ1v) is 11.3. The number of hydrogen-bond donors (Lipinski definition) is 1. The Bertz CT molecular complexity index is 1140. The van der Waals surface area contributed by atoms with Crippen LogP contribution in [0, 0.1) is 13.8 Å². The standard InChI is InChI=1S/C20H24N2O3S2/c1-5-17(16-9-7-13(3)11-14(16)4)21-27(24,25)15-8-10-18-19(12-15)26-20(23)22(18)6-2/h7-12,17,21H,5-6H2,1-4H3/t17-/m1/s1. The summed E-state index contributed by atoms with van der Waals surface area (Å²) < 4.78 is 31.1. The van der Waals surface area contributed by atoms with Gasteiger partial charge in [-0.2, -0.15) is 0 Å². The van der Waals surface area contributed by atoms with Gasteiger partial charge in [0.1, 0.15) is 0 Å². The highest BCUT2D eigenvalue weighted by atomic mass is 32.2. The zero-order valence-electron chi connectivity index (χ0n) is 15.9. The molecule has 0 unspecified atom stereocenters. The van der Waals surface area contributed by atoms with Crippen molar-refractivity contribution in [1.29, 1.82) is 0 Å². The quantitative estimate of drug-likeness (QED) is 0.672. The van der Waals surface area contributed by atoms with Crippen molar-refractivity contribution in [2.75, 3.05) is 0 Å². The van der Waals surface area contributed by atoms with Crippen molar-refractivity contribution >= 4 is 31.6 Å². The minimum absolute atomic E-state index is 0.0725. The molecule has 0 amide bonds. The number of nitrogens with one attached hydrogen (secondary N) is 1. The number of sulfonamides is 1. The van der Waals surface area contributed by atoms with E-state index < -0.39 is 10.0 Å². The van der Waals surface area contributed by atoms with E-state index in [4.69, 9.17) is 0 Å². The second kappa shape index (κ2) is 7.58. The minimum Gasteiger partial charge on any atom is -0.299 e. The lowest BCUT2D eigenvalue weighted by Gasteiger charge is -2.20. The monoisotopic (exact) mass is 404 g/mol. The SMILES string of the molecule is CC[C@@H](NS(=O)(=O)c1ccc2c(c1)sc(=O)n2CC)c1ccc(C)cc1C. The summed E-state index contributed by atoms with van der Waals surface area (Å²) >= 11 is 1.07. The maximum Gasteiger partial charge on any atom is 0.308 e. The van der Waals surface area contributed by atoms with Crippen LogP contribution in [0.3, 0.4) is 0 Å². The predicted molar refractivity (Wildman–Crippen MR) is 111 cm³/mol. The van der Waals surface area contributed by atoms with E-state index in [-0.39, 0.29) is 15.8 Å². The van der Waals surface area contributed by atoms with Crippen LogP contribution in [-0.4, -0.2) is 13.0 Å². The molecule has 1 atom stereocenters. The van der Waals surface area contributed by atoms with E-state index in [1.165, 1.54) is 0 Å². The normalized spacial score (nSPS) is 13.2. The minimum atomic E-state index is -3.70. The van der Waals surface area contributed by atoms with Gasteiger partial charge in [-0.15, -0.1) is 0 Å². The van der Waals surface area contributed by atoms with Crippen LogP contribution in [0.1, 0.15) is 43.0 Å². The zero-order valence-corrected chi connectivity index (χ0v) is 17.6. The number of nitrogens with zero attached hydrogens (tertiary/aromatic N) is 1. The molecule has 144 valence electrons. The van der Waals surface area contributed by atoms with Gasteiger partial charge in [-0.05, 0) is 56.5 Å². The van der Waals surface area contributed by atoms with E-state index >= 15 is 0 Å². The molecule has 0 aliphatic rings. The van der Waals surface area contributed by atoms with Gasteiger partial charge in [0.05, 0.1) is 15.1 Å². The Hall–Kier alpha value is -1.96. The third-order valence-electron chi connectivity index (χ3n) is 4.77. The molecule has 0 fully saturated rings. The lowest BCUT2D eigenvalue weighted by molar-refractivity contribution is 0.549. The molecular formula is C20H24N2O3S2. The molecule has 0 spiro atoms. The van der Waals surface area contributed by atoms with E-state index in [1.54, 1.807) is 22.8 Å². The molecule has 0 aliphatic carbocycles. The van der Waals surface area contributed by atoms with Crippen molar-refractivity contribution in [3.63, 3.8) is 0 Å². The second-order valence-electron chi connectivity index (χ2n) is 6.68. The van der Waals surface area contributed by atoms with Crippen LogP contribution < -0.4 is 9.60 Å². The van der Waals surface area contributed by atoms with Crippen molar-refractivity contribution in [2.45, 2.75) is 51.6 Å². The van der Waals surface area contributed by atoms with Crippen molar-refractivity contribution < 1.29 is 8.42 Å². The Morgan fingerprint density at radius 2 is 1.85 bits per heavy atom. The van der Waals surface area contributed by atoms with Gasteiger partial charge in [-0.25, -0.2) is 13.1 Å². The average Bonchev–Trinajstić information content (AvgIpc) is 2.94. The Balaban J connectivity index is 1.97. The Morgan fingerprint density at radius 1 is 1.11 bits per heavy atom. The van der Waals surface area contributed by atoms with E-state index in [1.807, 2.05) is 39.8 Å². The molecule has 1 N–H and O–H groups in total. The van der Waals surface area contributed by atoms with Gasteiger partial charge in [0.2, 0.25) is 10.0 Å². The maximum absolute atomic E-state index is 13.0. The van der Waals surface area contributed by atoms with Crippen LogP contribution in [-0.2, 0) is 16.6 Å². The number of aryl methyl sites for hydroxylation is 3. The first-order chi connectivity index (χ1) is 12.8. The summed E-state index contributed by atoms with van der Waals surface area (Å²) in [6.45, 7) is 8.44. The van der Waals surface area contributed by atoms with E-state index in [0.29, 0.717) is 17.7 Å². The van der Waals surface area contributed by atoms with Gasteiger partial charge in [0, 0.05) is 12.6 Å². The fourth-order valence-corrected chi connectivity index (χ4v) is 5.75. The molecule has 1 aromatic heterocycles. The molecule has 0 radical (unpaired) electrons. The largest absolute Gasteiger partial charge is 0.308 e. The lowest BCUT2D eigenvalue weighted by atomic mass is 9.98. The zero-order chi connectivity index (χ0) is 19.8. The summed E-state index contributed by atoms with van der Waals surface area (Å²) in [5, 5.41) is 0. The van der Waals surface area contributed by atoms with Gasteiger partial charge < -0.3 is 0 Å². The number of fused-ring (bicyclic) bond motifs is 1. The molecule has 1 heterocycles. The first kappa shape index (κ1) is 19.8. The van der Waals surface area contributed by atoms with Crippen LogP contribution in [0.4, 0.5) is 0 Å². The number of benzene rings is 2. The number of hydrogen-bond acceptors (Lipinski definition) is 4. The van der Waals surface area contributed by atoms with Crippen molar-refractivity contribution in [3.8, 4) is 0 Å². The van der Waals surface area contributed by atoms with Crippen LogP contribution in [0.5, 0.6) is 0 Å². The van der Waals surface area contributed by atoms with E-state index in [9.17, 15) is 13.2 Å². The summed E-state index contributed by atoms with van der Waals surface area (Å²) in [5.41, 5.74) is 3.97. The van der Waals surface area contributed by atoms with Gasteiger partial charge in [-0.1, -0.05) is 42.0 Å². The smallest absolute Gasteiger partial charge is 0.299 e. The van der Waals surface area contributed by atoms with E-state index in [0.717, 1.165) is 33.5 Å². The number of rotatable bonds is 6. The maximum atomic E-state index is 13.0. The molecule has 3 aromatic rings. The molecule has 27 heavy (non-hydrogen) atoms. The fraction of sp³-hybridized carbons (Fsp3) is 0.350. The van der Waals surface area contributed by atoms with Crippen molar-refractivity contribution in [3.05, 3.63) is 62.8 Å². The van der Waals surface area contributed by atoms with Crippen LogP contribution in [0.2, 0.25) is 0 Å². The highest BCUT2D eigenvalue weighted by Gasteiger charge is 2.22. The third-order valence-corrected chi connectivity index (χ3v) is 7.18. The average molecular weight is 405 g/mol. The summed E-state index contributed by atoms with van der Waals surface area (Å²) in [7, 11) is -3.70. The summed E-state index contributed by atoms with van der Waals surface area (Å²) in [5.74, 6) is 0. The van der Waals surface area contributed by atoms with Crippen molar-refractivity contribution in [2.24, 2.45) is 0 Å². The molecule has 7 heteroatoms. The fourth-order valence-electron chi connectivity index (χ4n) is 3.35. The van der Waals surface area contributed by atoms with Crippen LogP contribution in [0.25, 0.3) is 10.2 Å².